The summed E-state index contributed by atoms with van der Waals surface area (Å²) in [6.45, 7) is 7.91. The van der Waals surface area contributed by atoms with Gasteiger partial charge in [0.05, 0.1) is 0 Å². The monoisotopic (exact) mass is 273 g/mol. The van der Waals surface area contributed by atoms with Crippen LogP contribution in [0, 0.1) is 6.92 Å². The number of hydrogen-bond donors (Lipinski definition) is 1. The highest BCUT2D eigenvalue weighted by Gasteiger charge is 2.20. The second kappa shape index (κ2) is 5.53. The summed E-state index contributed by atoms with van der Waals surface area (Å²) in [5.41, 5.74) is 1.80. The van der Waals surface area contributed by atoms with Crippen LogP contribution >= 0.6 is 23.2 Å². The van der Waals surface area contributed by atoms with Crippen LogP contribution in [0.5, 0.6) is 0 Å². The van der Waals surface area contributed by atoms with E-state index < -0.39 is 0 Å². The Bertz CT molecular complexity index is 386. The maximum Gasteiger partial charge on any atom is 0.135 e. The van der Waals surface area contributed by atoms with Gasteiger partial charge in [-0.05, 0) is 19.9 Å². The van der Waals surface area contributed by atoms with E-state index in [2.05, 4.69) is 22.1 Å². The fourth-order valence-corrected chi connectivity index (χ4v) is 2.74. The molecule has 0 aliphatic carbocycles. The molecule has 1 aromatic heterocycles. The molecular weight excluding hydrogens is 257 g/mol. The molecule has 0 spiro atoms. The van der Waals surface area contributed by atoms with Gasteiger partial charge in [-0.15, -0.1) is 0 Å². The Morgan fingerprint density at radius 3 is 2.94 bits per heavy atom. The molecular formula is C12H17Cl2N3. The second-order valence-electron chi connectivity index (χ2n) is 4.54. The predicted molar refractivity (Wildman–Crippen MR) is 71.7 cm³/mol. The molecule has 17 heavy (non-hydrogen) atoms. The molecule has 3 nitrogen and oxygen atoms in total. The van der Waals surface area contributed by atoms with E-state index in [0.29, 0.717) is 16.2 Å². The van der Waals surface area contributed by atoms with Crippen molar-refractivity contribution in [2.24, 2.45) is 0 Å². The number of pyridine rings is 1. The Morgan fingerprint density at radius 2 is 2.29 bits per heavy atom. The molecule has 2 rings (SSSR count). The third kappa shape index (κ3) is 3.10. The molecule has 5 heteroatoms. The number of piperazine rings is 1. The lowest BCUT2D eigenvalue weighted by molar-refractivity contribution is 0.165. The van der Waals surface area contributed by atoms with Crippen LogP contribution < -0.4 is 5.32 Å². The largest absolute Gasteiger partial charge is 0.314 e. The second-order valence-corrected chi connectivity index (χ2v) is 5.30. The molecule has 1 saturated heterocycles. The molecule has 1 N–H and O–H groups in total. The topological polar surface area (TPSA) is 28.2 Å². The van der Waals surface area contributed by atoms with Gasteiger partial charge in [0.15, 0.2) is 0 Å². The van der Waals surface area contributed by atoms with E-state index in [4.69, 9.17) is 23.2 Å². The van der Waals surface area contributed by atoms with Crippen LogP contribution in [-0.4, -0.2) is 35.6 Å². The van der Waals surface area contributed by atoms with Crippen molar-refractivity contribution in [1.29, 1.82) is 0 Å². The summed E-state index contributed by atoms with van der Waals surface area (Å²) in [6.07, 6.45) is 0. The third-order valence-corrected chi connectivity index (χ3v) is 3.80. The fourth-order valence-electron chi connectivity index (χ4n) is 2.09. The normalized spacial score (nSPS) is 21.8. The first-order valence-corrected chi connectivity index (χ1v) is 6.60. The van der Waals surface area contributed by atoms with Crippen LogP contribution in [-0.2, 0) is 6.54 Å². The van der Waals surface area contributed by atoms with E-state index in [1.165, 1.54) is 0 Å². The summed E-state index contributed by atoms with van der Waals surface area (Å²) in [4.78, 5) is 6.64. The minimum Gasteiger partial charge on any atom is -0.314 e. The smallest absolute Gasteiger partial charge is 0.135 e. The van der Waals surface area contributed by atoms with Crippen molar-refractivity contribution in [3.63, 3.8) is 0 Å². The van der Waals surface area contributed by atoms with Crippen LogP contribution in [0.15, 0.2) is 6.07 Å². The highest BCUT2D eigenvalue weighted by atomic mass is 35.5. The number of aromatic nitrogens is 1. The Kier molecular flexibility index (Phi) is 4.26. The zero-order valence-electron chi connectivity index (χ0n) is 10.1. The molecule has 2 heterocycles. The SMILES string of the molecule is Cc1cc(Cl)c(CN2CCNCC2C)c(Cl)n1. The average Bonchev–Trinajstić information content (AvgIpc) is 2.25. The molecule has 1 aromatic rings. The summed E-state index contributed by atoms with van der Waals surface area (Å²) in [7, 11) is 0. The van der Waals surface area contributed by atoms with Crippen LogP contribution in [0.1, 0.15) is 18.2 Å². The van der Waals surface area contributed by atoms with Crippen molar-refractivity contribution >= 4 is 23.2 Å². The number of nitrogens with zero attached hydrogens (tertiary/aromatic N) is 2. The molecule has 0 saturated carbocycles. The van der Waals surface area contributed by atoms with Crippen molar-refractivity contribution in [3.8, 4) is 0 Å². The maximum absolute atomic E-state index is 6.24. The van der Waals surface area contributed by atoms with Crippen LogP contribution in [0.25, 0.3) is 0 Å². The van der Waals surface area contributed by atoms with Crippen LogP contribution in [0.2, 0.25) is 10.2 Å². The number of nitrogens with one attached hydrogen (secondary N) is 1. The molecule has 1 atom stereocenters. The summed E-state index contributed by atoms with van der Waals surface area (Å²) in [5.74, 6) is 0. The molecule has 1 aliphatic rings. The van der Waals surface area contributed by atoms with Crippen molar-refractivity contribution in [3.05, 3.63) is 27.5 Å². The number of hydrogen-bond acceptors (Lipinski definition) is 3. The fraction of sp³-hybridized carbons (Fsp3) is 0.583. The minimum atomic E-state index is 0.497. The molecule has 0 amide bonds. The van der Waals surface area contributed by atoms with E-state index in [1.807, 2.05) is 13.0 Å². The van der Waals surface area contributed by atoms with Gasteiger partial charge in [-0.2, -0.15) is 0 Å². The van der Waals surface area contributed by atoms with Gasteiger partial charge >= 0.3 is 0 Å². The van der Waals surface area contributed by atoms with E-state index >= 15 is 0 Å². The summed E-state index contributed by atoms with van der Waals surface area (Å²) in [5, 5.41) is 4.61. The summed E-state index contributed by atoms with van der Waals surface area (Å²) < 4.78 is 0. The molecule has 1 unspecified atom stereocenters. The first-order valence-electron chi connectivity index (χ1n) is 5.84. The van der Waals surface area contributed by atoms with Gasteiger partial charge in [-0.25, -0.2) is 4.98 Å². The highest BCUT2D eigenvalue weighted by Crippen LogP contribution is 2.26. The minimum absolute atomic E-state index is 0.497. The molecule has 1 aliphatic heterocycles. The van der Waals surface area contributed by atoms with E-state index in [1.54, 1.807) is 0 Å². The Labute approximate surface area is 112 Å². The standard InChI is InChI=1S/C12H17Cl2N3/c1-8-5-11(13)10(12(14)16-8)7-17-4-3-15-6-9(17)2/h5,9,15H,3-4,6-7H2,1-2H3. The van der Waals surface area contributed by atoms with E-state index in [-0.39, 0.29) is 0 Å². The highest BCUT2D eigenvalue weighted by molar-refractivity contribution is 6.35. The zero-order valence-corrected chi connectivity index (χ0v) is 11.6. The first kappa shape index (κ1) is 13.1. The Hall–Kier alpha value is -0.350. The Morgan fingerprint density at radius 1 is 1.53 bits per heavy atom. The maximum atomic E-state index is 6.24. The van der Waals surface area contributed by atoms with Crippen LogP contribution in [0.4, 0.5) is 0 Å². The number of aryl methyl sites for hydroxylation is 1. The summed E-state index contributed by atoms with van der Waals surface area (Å²) in [6, 6.07) is 2.37. The van der Waals surface area contributed by atoms with Crippen molar-refractivity contribution < 1.29 is 0 Å². The number of rotatable bonds is 2. The van der Waals surface area contributed by atoms with Gasteiger partial charge in [0, 0.05) is 48.5 Å². The first-order chi connectivity index (χ1) is 8.08. The van der Waals surface area contributed by atoms with E-state index in [9.17, 15) is 0 Å². The Balaban J connectivity index is 2.17. The van der Waals surface area contributed by atoms with Gasteiger partial charge in [0.25, 0.3) is 0 Å². The van der Waals surface area contributed by atoms with Crippen molar-refractivity contribution in [2.45, 2.75) is 26.4 Å². The van der Waals surface area contributed by atoms with Gasteiger partial charge in [-0.1, -0.05) is 23.2 Å². The van der Waals surface area contributed by atoms with Gasteiger partial charge < -0.3 is 5.32 Å². The van der Waals surface area contributed by atoms with Gasteiger partial charge in [0.2, 0.25) is 0 Å². The zero-order chi connectivity index (χ0) is 12.4. The molecule has 0 radical (unpaired) electrons. The van der Waals surface area contributed by atoms with E-state index in [0.717, 1.165) is 37.4 Å². The van der Waals surface area contributed by atoms with Gasteiger partial charge in [-0.3, -0.25) is 4.90 Å². The lowest BCUT2D eigenvalue weighted by atomic mass is 10.1. The predicted octanol–water partition coefficient (Wildman–Crippen LogP) is 2.49. The van der Waals surface area contributed by atoms with Gasteiger partial charge in [0.1, 0.15) is 5.15 Å². The number of halogens is 2. The summed E-state index contributed by atoms with van der Waals surface area (Å²) >= 11 is 12.4. The third-order valence-electron chi connectivity index (χ3n) is 3.15. The van der Waals surface area contributed by atoms with Crippen LogP contribution in [0.3, 0.4) is 0 Å². The van der Waals surface area contributed by atoms with Crippen molar-refractivity contribution in [2.75, 3.05) is 19.6 Å². The quantitative estimate of drug-likeness (QED) is 0.840. The lowest BCUT2D eigenvalue weighted by Gasteiger charge is -2.34. The molecule has 94 valence electrons. The lowest BCUT2D eigenvalue weighted by Crippen LogP contribution is -2.49. The average molecular weight is 274 g/mol. The molecule has 1 fully saturated rings. The molecule has 0 aromatic carbocycles. The van der Waals surface area contributed by atoms with Crippen molar-refractivity contribution in [1.82, 2.24) is 15.2 Å². The molecule has 0 bridgehead atoms.